The van der Waals surface area contributed by atoms with Crippen LogP contribution in [0.4, 0.5) is 0 Å². The lowest BCUT2D eigenvalue weighted by molar-refractivity contribution is 0.0214. The summed E-state index contributed by atoms with van der Waals surface area (Å²) in [5.41, 5.74) is 0. The first-order valence-corrected chi connectivity index (χ1v) is 3.82. The van der Waals surface area contributed by atoms with Crippen molar-refractivity contribution in [1.82, 2.24) is 4.90 Å². The van der Waals surface area contributed by atoms with Crippen molar-refractivity contribution in [2.75, 3.05) is 33.4 Å². The summed E-state index contributed by atoms with van der Waals surface area (Å²) in [7, 11) is 1.59. The fourth-order valence-corrected chi connectivity index (χ4v) is 1.39. The van der Waals surface area contributed by atoms with Gasteiger partial charge in [-0.2, -0.15) is 0 Å². The maximum Gasteiger partial charge on any atom is 0.0969 e. The number of hydrogen-bond donors (Lipinski definition) is 2. The fourth-order valence-electron chi connectivity index (χ4n) is 1.39. The Morgan fingerprint density at radius 3 is 2.73 bits per heavy atom. The molecule has 1 rings (SSSR count). The van der Waals surface area contributed by atoms with E-state index in [4.69, 9.17) is 9.84 Å². The van der Waals surface area contributed by atoms with Crippen molar-refractivity contribution in [1.29, 1.82) is 0 Å². The van der Waals surface area contributed by atoms with Crippen LogP contribution in [0.25, 0.3) is 0 Å². The third kappa shape index (κ3) is 2.13. The van der Waals surface area contributed by atoms with Gasteiger partial charge in [-0.3, -0.25) is 4.90 Å². The van der Waals surface area contributed by atoms with Crippen LogP contribution in [0.5, 0.6) is 0 Å². The van der Waals surface area contributed by atoms with Crippen molar-refractivity contribution in [2.24, 2.45) is 0 Å². The molecule has 1 aliphatic heterocycles. The predicted molar refractivity (Wildman–Crippen MR) is 40.3 cm³/mol. The minimum Gasteiger partial charge on any atom is -0.395 e. The summed E-state index contributed by atoms with van der Waals surface area (Å²) in [6, 6.07) is 0. The van der Waals surface area contributed by atoms with E-state index >= 15 is 0 Å². The van der Waals surface area contributed by atoms with Gasteiger partial charge in [0.25, 0.3) is 0 Å². The van der Waals surface area contributed by atoms with Crippen LogP contribution in [0.15, 0.2) is 0 Å². The van der Waals surface area contributed by atoms with E-state index in [9.17, 15) is 5.11 Å². The summed E-state index contributed by atoms with van der Waals surface area (Å²) in [6.07, 6.45) is -0.479. The van der Waals surface area contributed by atoms with Gasteiger partial charge < -0.3 is 14.9 Å². The molecule has 0 aromatic heterocycles. The van der Waals surface area contributed by atoms with Crippen molar-refractivity contribution in [3.63, 3.8) is 0 Å². The highest BCUT2D eigenvalue weighted by Crippen LogP contribution is 2.11. The highest BCUT2D eigenvalue weighted by Gasteiger charge is 2.30. The molecule has 4 nitrogen and oxygen atoms in total. The predicted octanol–water partition coefficient (Wildman–Crippen LogP) is -1.33. The molecule has 2 N–H and O–H groups in total. The molecule has 66 valence electrons. The normalized spacial score (nSPS) is 33.0. The van der Waals surface area contributed by atoms with E-state index in [1.807, 2.05) is 4.90 Å². The third-order valence-corrected chi connectivity index (χ3v) is 2.03. The average Bonchev–Trinajstić information content (AvgIpc) is 2.32. The molecule has 2 atom stereocenters. The largest absolute Gasteiger partial charge is 0.395 e. The Morgan fingerprint density at radius 1 is 1.55 bits per heavy atom. The molecule has 1 fully saturated rings. The quantitative estimate of drug-likeness (QED) is 0.538. The number of nitrogens with zero attached hydrogens (tertiary/aromatic N) is 1. The van der Waals surface area contributed by atoms with E-state index in [-0.39, 0.29) is 12.7 Å². The minimum absolute atomic E-state index is 0.0819. The number of ether oxygens (including phenoxy) is 1. The Kier molecular flexibility index (Phi) is 3.26. The monoisotopic (exact) mass is 161 g/mol. The molecule has 0 unspecified atom stereocenters. The van der Waals surface area contributed by atoms with E-state index in [2.05, 4.69) is 0 Å². The van der Waals surface area contributed by atoms with E-state index in [0.29, 0.717) is 13.1 Å². The number of hydrogen-bond acceptors (Lipinski definition) is 4. The summed E-state index contributed by atoms with van der Waals surface area (Å²) in [4.78, 5) is 1.98. The summed E-state index contributed by atoms with van der Waals surface area (Å²) in [6.45, 7) is 2.09. The molecule has 0 spiro atoms. The average molecular weight is 161 g/mol. The number of methoxy groups -OCH3 is 1. The SMILES string of the molecule is CO[C@H]1CN(CCO)C[C@H]1O. The Morgan fingerprint density at radius 2 is 2.27 bits per heavy atom. The van der Waals surface area contributed by atoms with Gasteiger partial charge in [-0.05, 0) is 0 Å². The third-order valence-electron chi connectivity index (χ3n) is 2.03. The molecule has 0 aromatic rings. The topological polar surface area (TPSA) is 52.9 Å². The smallest absolute Gasteiger partial charge is 0.0969 e. The second-order valence-corrected chi connectivity index (χ2v) is 2.82. The lowest BCUT2D eigenvalue weighted by Gasteiger charge is -2.12. The summed E-state index contributed by atoms with van der Waals surface area (Å²) in [5, 5.41) is 17.9. The van der Waals surface area contributed by atoms with Crippen LogP contribution in [0.2, 0.25) is 0 Å². The maximum atomic E-state index is 9.34. The molecule has 0 aromatic carbocycles. The second kappa shape index (κ2) is 4.01. The van der Waals surface area contributed by atoms with Crippen molar-refractivity contribution >= 4 is 0 Å². The van der Waals surface area contributed by atoms with Crippen LogP contribution in [-0.2, 0) is 4.74 Å². The van der Waals surface area contributed by atoms with E-state index in [1.165, 1.54) is 0 Å². The molecule has 4 heteroatoms. The summed E-state index contributed by atoms with van der Waals surface area (Å²) >= 11 is 0. The Balaban J connectivity index is 2.30. The molecule has 0 bridgehead atoms. The number of aliphatic hydroxyl groups is 2. The summed E-state index contributed by atoms with van der Waals surface area (Å²) < 4.78 is 5.03. The Labute approximate surface area is 66.4 Å². The zero-order valence-corrected chi connectivity index (χ0v) is 6.73. The van der Waals surface area contributed by atoms with Crippen molar-refractivity contribution in [3.8, 4) is 0 Å². The van der Waals surface area contributed by atoms with Gasteiger partial charge >= 0.3 is 0 Å². The Hall–Kier alpha value is -0.160. The molecule has 1 aliphatic rings. The van der Waals surface area contributed by atoms with Gasteiger partial charge in [0.15, 0.2) is 0 Å². The molecule has 1 heterocycles. The van der Waals surface area contributed by atoms with Crippen molar-refractivity contribution in [2.45, 2.75) is 12.2 Å². The van der Waals surface area contributed by atoms with Crippen LogP contribution >= 0.6 is 0 Å². The van der Waals surface area contributed by atoms with E-state index in [1.54, 1.807) is 7.11 Å². The van der Waals surface area contributed by atoms with Crippen LogP contribution < -0.4 is 0 Å². The van der Waals surface area contributed by atoms with Gasteiger partial charge in [0.1, 0.15) is 0 Å². The number of likely N-dealkylation sites (tertiary alicyclic amines) is 1. The number of aliphatic hydroxyl groups excluding tert-OH is 2. The van der Waals surface area contributed by atoms with Crippen LogP contribution in [0.1, 0.15) is 0 Å². The molecule has 0 aliphatic carbocycles. The summed E-state index contributed by atoms with van der Waals surface area (Å²) in [5.74, 6) is 0. The van der Waals surface area contributed by atoms with Crippen LogP contribution in [-0.4, -0.2) is 60.7 Å². The van der Waals surface area contributed by atoms with Gasteiger partial charge in [0.2, 0.25) is 0 Å². The molecule has 0 saturated carbocycles. The zero-order valence-electron chi connectivity index (χ0n) is 6.73. The minimum atomic E-state index is -0.397. The highest BCUT2D eigenvalue weighted by atomic mass is 16.5. The number of β-amino-alcohol motifs (C(OH)–C–C–N with tert-alkyl or cyclic N) is 2. The maximum absolute atomic E-state index is 9.34. The first kappa shape index (κ1) is 8.93. The molecule has 1 saturated heterocycles. The standard InChI is InChI=1S/C7H15NO3/c1-11-7-5-8(2-3-9)4-6(7)10/h6-7,9-10H,2-5H2,1H3/t6-,7+/m1/s1. The van der Waals surface area contributed by atoms with E-state index < -0.39 is 6.10 Å². The highest BCUT2D eigenvalue weighted by molar-refractivity contribution is 4.83. The van der Waals surface area contributed by atoms with Crippen molar-refractivity contribution in [3.05, 3.63) is 0 Å². The number of rotatable bonds is 3. The molecular weight excluding hydrogens is 146 g/mol. The molecule has 0 radical (unpaired) electrons. The molecule has 11 heavy (non-hydrogen) atoms. The first-order valence-electron chi connectivity index (χ1n) is 3.82. The van der Waals surface area contributed by atoms with Gasteiger partial charge in [0, 0.05) is 26.7 Å². The Bertz CT molecular complexity index is 120. The lowest BCUT2D eigenvalue weighted by atomic mass is 10.3. The second-order valence-electron chi connectivity index (χ2n) is 2.82. The van der Waals surface area contributed by atoms with Gasteiger partial charge in [0.05, 0.1) is 18.8 Å². The fraction of sp³-hybridized carbons (Fsp3) is 1.00. The van der Waals surface area contributed by atoms with Crippen LogP contribution in [0, 0.1) is 0 Å². The van der Waals surface area contributed by atoms with Crippen LogP contribution in [0.3, 0.4) is 0 Å². The molecular formula is C7H15NO3. The van der Waals surface area contributed by atoms with Gasteiger partial charge in [-0.25, -0.2) is 0 Å². The lowest BCUT2D eigenvalue weighted by Crippen LogP contribution is -2.25. The first-order chi connectivity index (χ1) is 5.27. The van der Waals surface area contributed by atoms with Gasteiger partial charge in [-0.1, -0.05) is 0 Å². The molecule has 0 amide bonds. The van der Waals surface area contributed by atoms with Gasteiger partial charge in [-0.15, -0.1) is 0 Å². The van der Waals surface area contributed by atoms with E-state index in [0.717, 1.165) is 6.54 Å². The zero-order chi connectivity index (χ0) is 8.27. The van der Waals surface area contributed by atoms with Crippen molar-refractivity contribution < 1.29 is 14.9 Å².